The Hall–Kier alpha value is -5.31. The van der Waals surface area contributed by atoms with E-state index in [2.05, 4.69) is 16.0 Å². The lowest BCUT2D eigenvalue weighted by Gasteiger charge is -2.26. The molecule has 59 heavy (non-hydrogen) atoms. The van der Waals surface area contributed by atoms with Gasteiger partial charge in [-0.2, -0.15) is 0 Å². The topological polar surface area (TPSA) is 313 Å². The molecule has 0 fully saturated rings. The molecule has 0 bridgehead atoms. The Balaban J connectivity index is 3.32. The molecule has 0 saturated carbocycles. The van der Waals surface area contributed by atoms with Crippen molar-refractivity contribution < 1.29 is 73.3 Å². The summed E-state index contributed by atoms with van der Waals surface area (Å²) in [5.74, 6) is -10.4. The summed E-state index contributed by atoms with van der Waals surface area (Å²) >= 11 is 0. The van der Waals surface area contributed by atoms with Crippen LogP contribution in [0.4, 0.5) is 0 Å². The number of methoxy groups -OCH3 is 1. The molecule has 0 aliphatic heterocycles. The number of phenols is 1. The lowest BCUT2D eigenvalue weighted by atomic mass is 9.88. The average molecular weight is 838 g/mol. The fraction of sp³-hybridized carbons (Fsp3) is 0.615. The minimum Gasteiger partial charge on any atom is -0.508 e. The van der Waals surface area contributed by atoms with Gasteiger partial charge >= 0.3 is 5.97 Å². The third-order valence-corrected chi connectivity index (χ3v) is 9.09. The number of hydrogen-bond donors (Lipinski definition) is 9. The van der Waals surface area contributed by atoms with Crippen LogP contribution in [0.2, 0.25) is 0 Å². The summed E-state index contributed by atoms with van der Waals surface area (Å²) in [6, 6.07) is 2.11. The lowest BCUT2D eigenvalue weighted by Crippen LogP contribution is -2.48. The highest BCUT2D eigenvalue weighted by molar-refractivity contribution is 5.97. The standard InChI is InChI=1S/C39H59N5O15/c1-23(2)18-30(42-39(55)27(22-37(52)53)21-34(49)31(40-24(3)45)19-25-7-10-28(46)11-8-25)33(48)20-26(9-13-35(50)43-56)38(54)41-29(12-14-36(51)44-57)32(47)6-5-15-59-17-16-58-4/h7-8,10-11,23,26-27,29-31,46,56-57H,5-6,9,12-22H2,1-4H3,(H,40,45)(H,41,54)(H,42,55)(H,43,50)(H,44,51)(H,52,53)/t26-,27+,29-,30-,31+/m1/s1. The maximum Gasteiger partial charge on any atom is 0.304 e. The Morgan fingerprint density at radius 2 is 1.22 bits per heavy atom. The second-order valence-corrected chi connectivity index (χ2v) is 14.5. The Labute approximate surface area is 342 Å². The number of phenolic OH excluding ortho intramolecular Hbond substituents is 1. The van der Waals surface area contributed by atoms with E-state index >= 15 is 0 Å². The molecule has 0 radical (unpaired) electrons. The normalized spacial score (nSPS) is 13.5. The van der Waals surface area contributed by atoms with Crippen LogP contribution in [0.1, 0.15) is 90.5 Å². The van der Waals surface area contributed by atoms with Gasteiger partial charge in [0.25, 0.3) is 0 Å². The Bertz CT molecular complexity index is 1570. The van der Waals surface area contributed by atoms with E-state index < -0.39 is 108 Å². The number of benzene rings is 1. The number of rotatable bonds is 31. The number of Topliss-reactive ketones (excluding diaryl/α,β-unsaturated/α-hetero) is 3. The number of hydrogen-bond acceptors (Lipinski definition) is 14. The van der Waals surface area contributed by atoms with Crippen LogP contribution in [0, 0.1) is 17.8 Å². The summed E-state index contributed by atoms with van der Waals surface area (Å²) in [5.41, 5.74) is 3.45. The predicted molar refractivity (Wildman–Crippen MR) is 206 cm³/mol. The molecule has 0 saturated heterocycles. The quantitative estimate of drug-likeness (QED) is 0.0282. The van der Waals surface area contributed by atoms with E-state index in [0.29, 0.717) is 12.2 Å². The van der Waals surface area contributed by atoms with Crippen molar-refractivity contribution in [2.75, 3.05) is 26.9 Å². The maximum absolute atomic E-state index is 13.9. The molecule has 1 aromatic carbocycles. The van der Waals surface area contributed by atoms with Crippen LogP contribution in [-0.2, 0) is 59.0 Å². The van der Waals surface area contributed by atoms with Crippen molar-refractivity contribution in [1.82, 2.24) is 26.9 Å². The van der Waals surface area contributed by atoms with Crippen LogP contribution in [0.25, 0.3) is 0 Å². The number of carboxylic acids is 1. The van der Waals surface area contributed by atoms with Crippen molar-refractivity contribution in [2.45, 2.75) is 110 Å². The van der Waals surface area contributed by atoms with Gasteiger partial charge in [0.1, 0.15) is 5.75 Å². The number of carboxylic acid groups (broad SMARTS) is 1. The van der Waals surface area contributed by atoms with Crippen LogP contribution in [-0.4, -0.2) is 119 Å². The molecule has 9 N–H and O–H groups in total. The Morgan fingerprint density at radius 1 is 0.661 bits per heavy atom. The fourth-order valence-corrected chi connectivity index (χ4v) is 6.02. The second kappa shape index (κ2) is 28.2. The van der Waals surface area contributed by atoms with E-state index in [4.69, 9.17) is 19.9 Å². The third kappa shape index (κ3) is 21.9. The van der Waals surface area contributed by atoms with Gasteiger partial charge in [-0.3, -0.25) is 53.6 Å². The summed E-state index contributed by atoms with van der Waals surface area (Å²) in [6.45, 7) is 5.48. The number of ketones is 3. The summed E-state index contributed by atoms with van der Waals surface area (Å²) in [5, 5.41) is 44.9. The molecule has 1 rings (SSSR count). The number of aromatic hydroxyl groups is 1. The molecule has 0 heterocycles. The highest BCUT2D eigenvalue weighted by atomic mass is 16.5. The van der Waals surface area contributed by atoms with Crippen LogP contribution in [0.5, 0.6) is 5.75 Å². The zero-order valence-corrected chi connectivity index (χ0v) is 34.0. The first kappa shape index (κ1) is 51.7. The smallest absolute Gasteiger partial charge is 0.304 e. The minimum atomic E-state index is -1.49. The molecule has 5 atom stereocenters. The van der Waals surface area contributed by atoms with Crippen LogP contribution >= 0.6 is 0 Å². The number of ether oxygens (including phenoxy) is 2. The van der Waals surface area contributed by atoms with Gasteiger partial charge < -0.3 is 35.6 Å². The first-order chi connectivity index (χ1) is 27.9. The Morgan fingerprint density at radius 3 is 1.78 bits per heavy atom. The highest BCUT2D eigenvalue weighted by Crippen LogP contribution is 2.20. The van der Waals surface area contributed by atoms with Crippen LogP contribution in [0.15, 0.2) is 24.3 Å². The number of aliphatic carboxylic acids is 1. The van der Waals surface area contributed by atoms with E-state index in [1.165, 1.54) is 49.3 Å². The molecule has 0 unspecified atom stereocenters. The number of hydroxylamine groups is 2. The fourth-order valence-electron chi connectivity index (χ4n) is 6.02. The molecule has 20 heteroatoms. The van der Waals surface area contributed by atoms with Gasteiger partial charge in [-0.1, -0.05) is 26.0 Å². The van der Waals surface area contributed by atoms with Gasteiger partial charge in [0, 0.05) is 58.7 Å². The first-order valence-corrected chi connectivity index (χ1v) is 19.3. The number of carbonyl (C=O) groups excluding carboxylic acids is 8. The predicted octanol–water partition coefficient (Wildman–Crippen LogP) is 0.664. The molecule has 330 valence electrons. The molecule has 0 aliphatic rings. The number of amides is 5. The van der Waals surface area contributed by atoms with Gasteiger partial charge in [0.15, 0.2) is 17.3 Å². The van der Waals surface area contributed by atoms with Crippen molar-refractivity contribution in [1.29, 1.82) is 0 Å². The molecule has 1 aromatic rings. The Kier molecular flexibility index (Phi) is 24.7. The SMILES string of the molecule is COCCOCCCC(=O)[C@@H](CCC(=O)NO)NC(=O)[C@H](CCC(=O)NO)CC(=O)[C@@H](CC(C)C)NC(=O)[C@H](CC(=O)O)CC(=O)[C@H](Cc1ccc(O)cc1)NC(C)=O. The summed E-state index contributed by atoms with van der Waals surface area (Å²) in [6.07, 6.45) is -3.18. The van der Waals surface area contributed by atoms with Crippen molar-refractivity contribution in [2.24, 2.45) is 17.8 Å². The maximum atomic E-state index is 13.9. The molecule has 0 aromatic heterocycles. The van der Waals surface area contributed by atoms with Crippen molar-refractivity contribution in [3.05, 3.63) is 29.8 Å². The zero-order valence-electron chi connectivity index (χ0n) is 34.0. The third-order valence-electron chi connectivity index (χ3n) is 9.09. The van der Waals surface area contributed by atoms with E-state index in [-0.39, 0.29) is 69.8 Å². The largest absolute Gasteiger partial charge is 0.508 e. The van der Waals surface area contributed by atoms with Crippen molar-refractivity contribution in [3.8, 4) is 5.75 Å². The van der Waals surface area contributed by atoms with E-state index in [9.17, 15) is 53.4 Å². The first-order valence-electron chi connectivity index (χ1n) is 19.3. The van der Waals surface area contributed by atoms with E-state index in [0.717, 1.165) is 0 Å². The van der Waals surface area contributed by atoms with Crippen LogP contribution < -0.4 is 26.9 Å². The molecule has 20 nitrogen and oxygen atoms in total. The van der Waals surface area contributed by atoms with Crippen molar-refractivity contribution >= 4 is 52.9 Å². The van der Waals surface area contributed by atoms with E-state index in [1.807, 2.05) is 0 Å². The van der Waals surface area contributed by atoms with Gasteiger partial charge in [0.2, 0.25) is 29.5 Å². The molecule has 0 aliphatic carbocycles. The summed E-state index contributed by atoms with van der Waals surface area (Å²) in [4.78, 5) is 116. The van der Waals surface area contributed by atoms with Gasteiger partial charge in [-0.05, 0) is 55.7 Å². The van der Waals surface area contributed by atoms with Crippen LogP contribution in [0.3, 0.4) is 0 Å². The van der Waals surface area contributed by atoms with Gasteiger partial charge in [-0.25, -0.2) is 11.0 Å². The number of nitrogens with one attached hydrogen (secondary N) is 5. The van der Waals surface area contributed by atoms with Gasteiger partial charge in [0.05, 0.1) is 43.7 Å². The molecular weight excluding hydrogens is 778 g/mol. The second-order valence-electron chi connectivity index (χ2n) is 14.5. The zero-order chi connectivity index (χ0) is 44.5. The highest BCUT2D eigenvalue weighted by Gasteiger charge is 2.34. The molecule has 5 amide bonds. The molecule has 0 spiro atoms. The average Bonchev–Trinajstić information content (AvgIpc) is 3.18. The van der Waals surface area contributed by atoms with E-state index in [1.54, 1.807) is 13.8 Å². The lowest BCUT2D eigenvalue weighted by molar-refractivity contribution is -0.143. The van der Waals surface area contributed by atoms with Crippen molar-refractivity contribution in [3.63, 3.8) is 0 Å². The summed E-state index contributed by atoms with van der Waals surface area (Å²) in [7, 11) is 1.50. The summed E-state index contributed by atoms with van der Waals surface area (Å²) < 4.78 is 10.3. The molecular formula is C39H59N5O15. The number of carbonyl (C=O) groups is 9. The monoisotopic (exact) mass is 837 g/mol. The van der Waals surface area contributed by atoms with Gasteiger partial charge in [-0.15, -0.1) is 0 Å². The minimum absolute atomic E-state index is 0.0168.